The van der Waals surface area contributed by atoms with E-state index in [0.717, 1.165) is 24.4 Å². The Hall–Kier alpha value is -2.21. The largest absolute Gasteiger partial charge is 0.346 e. The van der Waals surface area contributed by atoms with Gasteiger partial charge in [-0.25, -0.2) is 4.98 Å². The zero-order valence-corrected chi connectivity index (χ0v) is 14.5. The summed E-state index contributed by atoms with van der Waals surface area (Å²) in [6.45, 7) is 3.19. The van der Waals surface area contributed by atoms with Gasteiger partial charge in [0.15, 0.2) is 0 Å². The fourth-order valence-corrected chi connectivity index (χ4v) is 3.52. The Morgan fingerprint density at radius 1 is 1.38 bits per heavy atom. The van der Waals surface area contributed by atoms with Crippen molar-refractivity contribution in [1.82, 2.24) is 15.2 Å². The summed E-state index contributed by atoms with van der Waals surface area (Å²) in [4.78, 5) is 30.3. The number of likely N-dealkylation sites (tertiary alicyclic amines) is 1. The molecule has 126 valence electrons. The summed E-state index contributed by atoms with van der Waals surface area (Å²) in [5.41, 5.74) is 1.72. The number of aryl methyl sites for hydroxylation is 2. The molecule has 0 aliphatic carbocycles. The van der Waals surface area contributed by atoms with Gasteiger partial charge >= 0.3 is 0 Å². The molecular formula is C18H21N3O2S. The van der Waals surface area contributed by atoms with Crippen molar-refractivity contribution in [1.29, 1.82) is 0 Å². The van der Waals surface area contributed by atoms with Crippen LogP contribution in [0, 0.1) is 6.92 Å². The predicted octanol–water partition coefficient (Wildman–Crippen LogP) is 2.42. The lowest BCUT2D eigenvalue weighted by Gasteiger charge is -2.17. The van der Waals surface area contributed by atoms with Gasteiger partial charge in [-0.2, -0.15) is 0 Å². The van der Waals surface area contributed by atoms with Gasteiger partial charge in [-0.3, -0.25) is 9.59 Å². The molecule has 1 aromatic heterocycles. The van der Waals surface area contributed by atoms with Crippen LogP contribution in [0.1, 0.15) is 33.9 Å². The molecule has 24 heavy (non-hydrogen) atoms. The fraction of sp³-hybridized carbons (Fsp3) is 0.389. The summed E-state index contributed by atoms with van der Waals surface area (Å²) in [7, 11) is 0. The molecule has 1 fully saturated rings. The summed E-state index contributed by atoms with van der Waals surface area (Å²) in [6.07, 6.45) is 2.27. The maximum atomic E-state index is 12.1. The first-order valence-electron chi connectivity index (χ1n) is 8.16. The Morgan fingerprint density at radius 3 is 2.88 bits per heavy atom. The molecule has 0 spiro atoms. The van der Waals surface area contributed by atoms with Crippen LogP contribution in [0.15, 0.2) is 35.7 Å². The standard InChI is InChI=1S/C18H21N3O2S/c1-13-19-16(12-24-13)18(23)20-15-10-17(22)21(11-15)9-5-8-14-6-3-2-4-7-14/h2-4,6-7,12,15H,5,8-11H2,1H3,(H,20,23)/t15-/m1/s1. The molecule has 0 unspecified atom stereocenters. The summed E-state index contributed by atoms with van der Waals surface area (Å²) in [5, 5.41) is 5.53. The first-order valence-corrected chi connectivity index (χ1v) is 9.04. The Kier molecular flexibility index (Phi) is 5.25. The third kappa shape index (κ3) is 4.20. The SMILES string of the molecule is Cc1nc(C(=O)N[C@@H]2CC(=O)N(CCCc3ccccc3)C2)cs1. The first-order chi connectivity index (χ1) is 11.6. The summed E-state index contributed by atoms with van der Waals surface area (Å²) < 4.78 is 0. The van der Waals surface area contributed by atoms with Gasteiger partial charge in [0, 0.05) is 24.9 Å². The second kappa shape index (κ2) is 7.57. The molecule has 2 amide bonds. The number of aromatic nitrogens is 1. The molecule has 2 aromatic rings. The minimum atomic E-state index is -0.191. The lowest BCUT2D eigenvalue weighted by Crippen LogP contribution is -2.37. The van der Waals surface area contributed by atoms with Crippen molar-refractivity contribution in [3.05, 3.63) is 52.0 Å². The van der Waals surface area contributed by atoms with Crippen LogP contribution in [0.4, 0.5) is 0 Å². The summed E-state index contributed by atoms with van der Waals surface area (Å²) in [5.74, 6) is -0.0777. The molecule has 1 saturated heterocycles. The van der Waals surface area contributed by atoms with E-state index in [9.17, 15) is 9.59 Å². The van der Waals surface area contributed by atoms with Crippen molar-refractivity contribution in [3.8, 4) is 0 Å². The van der Waals surface area contributed by atoms with E-state index in [-0.39, 0.29) is 17.9 Å². The van der Waals surface area contributed by atoms with E-state index < -0.39 is 0 Å². The van der Waals surface area contributed by atoms with Crippen molar-refractivity contribution < 1.29 is 9.59 Å². The molecule has 0 saturated carbocycles. The van der Waals surface area contributed by atoms with Crippen molar-refractivity contribution >= 4 is 23.2 Å². The normalized spacial score (nSPS) is 17.3. The Morgan fingerprint density at radius 2 is 2.17 bits per heavy atom. The van der Waals surface area contributed by atoms with Gasteiger partial charge in [0.1, 0.15) is 5.69 Å². The van der Waals surface area contributed by atoms with Crippen LogP contribution in [0.5, 0.6) is 0 Å². The van der Waals surface area contributed by atoms with Crippen LogP contribution in [0.2, 0.25) is 0 Å². The molecule has 1 N–H and O–H groups in total. The predicted molar refractivity (Wildman–Crippen MR) is 94.1 cm³/mol. The zero-order valence-electron chi connectivity index (χ0n) is 13.7. The summed E-state index contributed by atoms with van der Waals surface area (Å²) in [6, 6.07) is 10.1. The quantitative estimate of drug-likeness (QED) is 0.876. The maximum Gasteiger partial charge on any atom is 0.271 e. The van der Waals surface area contributed by atoms with Crippen LogP contribution in [-0.4, -0.2) is 40.8 Å². The first kappa shape index (κ1) is 16.6. The van der Waals surface area contributed by atoms with Crippen molar-refractivity contribution in [2.75, 3.05) is 13.1 Å². The Bertz CT molecular complexity index is 714. The van der Waals surface area contributed by atoms with E-state index in [0.29, 0.717) is 18.7 Å². The van der Waals surface area contributed by atoms with Gasteiger partial charge < -0.3 is 10.2 Å². The summed E-state index contributed by atoms with van der Waals surface area (Å²) >= 11 is 1.45. The van der Waals surface area contributed by atoms with Crippen LogP contribution < -0.4 is 5.32 Å². The molecule has 1 aliphatic rings. The molecule has 1 atom stereocenters. The minimum Gasteiger partial charge on any atom is -0.346 e. The average molecular weight is 343 g/mol. The number of carbonyl (C=O) groups excluding carboxylic acids is 2. The van der Waals surface area contributed by atoms with Crippen molar-refractivity contribution in [2.24, 2.45) is 0 Å². The number of nitrogens with one attached hydrogen (secondary N) is 1. The number of hydrogen-bond donors (Lipinski definition) is 1. The number of hydrogen-bond acceptors (Lipinski definition) is 4. The third-order valence-electron chi connectivity index (χ3n) is 4.14. The number of rotatable bonds is 6. The zero-order chi connectivity index (χ0) is 16.9. The number of benzene rings is 1. The number of nitrogens with zero attached hydrogens (tertiary/aromatic N) is 2. The van der Waals surface area contributed by atoms with Gasteiger partial charge in [-0.15, -0.1) is 11.3 Å². The molecular weight excluding hydrogens is 322 g/mol. The highest BCUT2D eigenvalue weighted by Crippen LogP contribution is 2.14. The number of amides is 2. The monoisotopic (exact) mass is 343 g/mol. The molecule has 0 bridgehead atoms. The van der Waals surface area contributed by atoms with Crippen LogP contribution in [0.25, 0.3) is 0 Å². The minimum absolute atomic E-state index is 0.114. The Labute approximate surface area is 145 Å². The molecule has 1 aromatic carbocycles. The maximum absolute atomic E-state index is 12.1. The van der Waals surface area contributed by atoms with Crippen LogP contribution >= 0.6 is 11.3 Å². The van der Waals surface area contributed by atoms with Gasteiger partial charge in [0.2, 0.25) is 5.91 Å². The molecule has 3 rings (SSSR count). The second-order valence-corrected chi connectivity index (χ2v) is 7.12. The highest BCUT2D eigenvalue weighted by Gasteiger charge is 2.30. The highest BCUT2D eigenvalue weighted by molar-refractivity contribution is 7.09. The topological polar surface area (TPSA) is 62.3 Å². The van der Waals surface area contributed by atoms with Gasteiger partial charge in [0.25, 0.3) is 5.91 Å². The lowest BCUT2D eigenvalue weighted by molar-refractivity contribution is -0.127. The van der Waals surface area contributed by atoms with E-state index in [1.54, 1.807) is 5.38 Å². The fourth-order valence-electron chi connectivity index (χ4n) is 2.93. The average Bonchev–Trinajstić information content (AvgIpc) is 3.15. The van der Waals surface area contributed by atoms with E-state index in [1.807, 2.05) is 30.0 Å². The van der Waals surface area contributed by atoms with E-state index >= 15 is 0 Å². The smallest absolute Gasteiger partial charge is 0.271 e. The third-order valence-corrected chi connectivity index (χ3v) is 4.91. The Balaban J connectivity index is 1.46. The molecule has 0 radical (unpaired) electrons. The lowest BCUT2D eigenvalue weighted by atomic mass is 10.1. The van der Waals surface area contributed by atoms with Crippen molar-refractivity contribution in [2.45, 2.75) is 32.2 Å². The molecule has 2 heterocycles. The van der Waals surface area contributed by atoms with Gasteiger partial charge in [-0.1, -0.05) is 30.3 Å². The van der Waals surface area contributed by atoms with E-state index in [1.165, 1.54) is 16.9 Å². The van der Waals surface area contributed by atoms with E-state index in [4.69, 9.17) is 0 Å². The van der Waals surface area contributed by atoms with Crippen molar-refractivity contribution in [3.63, 3.8) is 0 Å². The van der Waals surface area contributed by atoms with Crippen LogP contribution in [0.3, 0.4) is 0 Å². The molecule has 1 aliphatic heterocycles. The van der Waals surface area contributed by atoms with Gasteiger partial charge in [-0.05, 0) is 25.3 Å². The highest BCUT2D eigenvalue weighted by atomic mass is 32.1. The number of carbonyl (C=O) groups is 2. The van der Waals surface area contributed by atoms with Crippen LogP contribution in [-0.2, 0) is 11.2 Å². The molecule has 5 nitrogen and oxygen atoms in total. The van der Waals surface area contributed by atoms with Gasteiger partial charge in [0.05, 0.1) is 11.0 Å². The molecule has 6 heteroatoms. The second-order valence-electron chi connectivity index (χ2n) is 6.06. The number of thiazole rings is 1. The van der Waals surface area contributed by atoms with E-state index in [2.05, 4.69) is 22.4 Å².